The number of hydrogen-bond acceptors (Lipinski definition) is 3. The first-order valence-corrected chi connectivity index (χ1v) is 12.3. The standard InChI is InChI=1S/C24H30N2O2S/c1-16-3-6-21(7-4-16)29(27,28)26-23-12-20(5-8-22(23)25-2)24-13-17-9-18(14-24)11-19(10-17)15-24/h3-8,12,17-19,25-26H,9-11,13-15H2,1-2H3. The normalized spacial score (nSPS) is 30.3. The minimum absolute atomic E-state index is 0.241. The molecule has 2 aromatic carbocycles. The summed E-state index contributed by atoms with van der Waals surface area (Å²) in [6.45, 7) is 1.96. The van der Waals surface area contributed by atoms with Crippen LogP contribution in [0.25, 0.3) is 0 Å². The first kappa shape index (κ1) is 19.0. The third-order valence-electron chi connectivity index (χ3n) is 7.52. The molecule has 4 fully saturated rings. The number of sulfonamides is 1. The Morgan fingerprint density at radius 3 is 2.00 bits per heavy atom. The Hall–Kier alpha value is -2.01. The maximum absolute atomic E-state index is 13.0. The van der Waals surface area contributed by atoms with Crippen molar-refractivity contribution >= 4 is 21.4 Å². The molecule has 6 rings (SSSR count). The maximum Gasteiger partial charge on any atom is 0.261 e. The Kier molecular flexibility index (Phi) is 4.43. The zero-order valence-electron chi connectivity index (χ0n) is 17.2. The van der Waals surface area contributed by atoms with Crippen LogP contribution in [0.3, 0.4) is 0 Å². The molecule has 4 aliphatic carbocycles. The van der Waals surface area contributed by atoms with Gasteiger partial charge in [-0.2, -0.15) is 0 Å². The van der Waals surface area contributed by atoms with Gasteiger partial charge in [-0.1, -0.05) is 23.8 Å². The van der Waals surface area contributed by atoms with Crippen molar-refractivity contribution in [3.8, 4) is 0 Å². The van der Waals surface area contributed by atoms with E-state index in [2.05, 4.69) is 22.2 Å². The molecular weight excluding hydrogens is 380 g/mol. The summed E-state index contributed by atoms with van der Waals surface area (Å²) in [6, 6.07) is 13.4. The van der Waals surface area contributed by atoms with Gasteiger partial charge in [-0.05, 0) is 98.4 Å². The van der Waals surface area contributed by atoms with Gasteiger partial charge in [0.1, 0.15) is 0 Å². The van der Waals surface area contributed by atoms with Crippen LogP contribution in [-0.2, 0) is 15.4 Å². The fraction of sp³-hybridized carbons (Fsp3) is 0.500. The second-order valence-corrected chi connectivity index (χ2v) is 11.3. The Morgan fingerprint density at radius 1 is 0.862 bits per heavy atom. The predicted molar refractivity (Wildman–Crippen MR) is 118 cm³/mol. The second kappa shape index (κ2) is 6.76. The second-order valence-electron chi connectivity index (χ2n) is 9.63. The molecule has 154 valence electrons. The minimum atomic E-state index is -3.63. The van der Waals surface area contributed by atoms with Gasteiger partial charge in [-0.3, -0.25) is 4.72 Å². The average molecular weight is 411 g/mol. The first-order valence-electron chi connectivity index (χ1n) is 10.8. The molecule has 0 amide bonds. The highest BCUT2D eigenvalue weighted by molar-refractivity contribution is 7.92. The maximum atomic E-state index is 13.0. The monoisotopic (exact) mass is 410 g/mol. The quantitative estimate of drug-likeness (QED) is 0.703. The van der Waals surface area contributed by atoms with Crippen molar-refractivity contribution in [1.82, 2.24) is 0 Å². The fourth-order valence-electron chi connectivity index (χ4n) is 6.56. The lowest BCUT2D eigenvalue weighted by Gasteiger charge is -2.57. The summed E-state index contributed by atoms with van der Waals surface area (Å²) in [5.74, 6) is 2.58. The van der Waals surface area contributed by atoms with Crippen LogP contribution in [0.4, 0.5) is 11.4 Å². The van der Waals surface area contributed by atoms with E-state index in [1.807, 2.05) is 32.2 Å². The van der Waals surface area contributed by atoms with E-state index in [4.69, 9.17) is 0 Å². The van der Waals surface area contributed by atoms with Crippen LogP contribution in [-0.4, -0.2) is 15.5 Å². The van der Waals surface area contributed by atoms with Crippen LogP contribution in [0.5, 0.6) is 0 Å². The van der Waals surface area contributed by atoms with Crippen LogP contribution >= 0.6 is 0 Å². The van der Waals surface area contributed by atoms with Crippen molar-refractivity contribution in [2.45, 2.75) is 55.8 Å². The molecule has 0 heterocycles. The molecule has 0 saturated heterocycles. The highest BCUT2D eigenvalue weighted by atomic mass is 32.2. The molecule has 0 aromatic heterocycles. The molecule has 4 bridgehead atoms. The van der Waals surface area contributed by atoms with Gasteiger partial charge in [0.15, 0.2) is 0 Å². The Morgan fingerprint density at radius 2 is 1.45 bits per heavy atom. The molecule has 2 N–H and O–H groups in total. The SMILES string of the molecule is CNc1ccc(C23CC4CC(CC(C4)C2)C3)cc1NS(=O)(=O)c1ccc(C)cc1. The Balaban J connectivity index is 1.50. The van der Waals surface area contributed by atoms with Gasteiger partial charge in [0, 0.05) is 7.05 Å². The fourth-order valence-corrected chi connectivity index (χ4v) is 7.63. The molecule has 0 unspecified atom stereocenters. The van der Waals surface area contributed by atoms with Crippen LogP contribution in [0.15, 0.2) is 47.4 Å². The smallest absolute Gasteiger partial charge is 0.261 e. The van der Waals surface area contributed by atoms with E-state index in [1.165, 1.54) is 44.1 Å². The molecule has 0 spiro atoms. The predicted octanol–water partition coefficient (Wildman–Crippen LogP) is 5.31. The van der Waals surface area contributed by atoms with Crippen molar-refractivity contribution in [1.29, 1.82) is 0 Å². The summed E-state index contributed by atoms with van der Waals surface area (Å²) in [6.07, 6.45) is 8.01. The molecule has 0 atom stereocenters. The summed E-state index contributed by atoms with van der Waals surface area (Å²) in [5, 5.41) is 3.15. The lowest BCUT2D eigenvalue weighted by atomic mass is 9.48. The summed E-state index contributed by atoms with van der Waals surface area (Å²) in [5.41, 5.74) is 4.07. The zero-order chi connectivity index (χ0) is 20.2. The molecule has 4 nitrogen and oxygen atoms in total. The van der Waals surface area contributed by atoms with Crippen LogP contribution < -0.4 is 10.0 Å². The topological polar surface area (TPSA) is 58.2 Å². The highest BCUT2D eigenvalue weighted by Crippen LogP contribution is 2.61. The van der Waals surface area contributed by atoms with Crippen LogP contribution in [0.1, 0.15) is 49.7 Å². The molecule has 4 saturated carbocycles. The number of nitrogens with one attached hydrogen (secondary N) is 2. The molecule has 4 aliphatic rings. The van der Waals surface area contributed by atoms with E-state index in [9.17, 15) is 8.42 Å². The number of benzene rings is 2. The van der Waals surface area contributed by atoms with Crippen molar-refractivity contribution in [2.75, 3.05) is 17.1 Å². The van der Waals surface area contributed by atoms with Crippen LogP contribution in [0.2, 0.25) is 0 Å². The first-order chi connectivity index (χ1) is 13.9. The largest absolute Gasteiger partial charge is 0.386 e. The molecule has 5 heteroatoms. The lowest BCUT2D eigenvalue weighted by Crippen LogP contribution is -2.48. The van der Waals surface area contributed by atoms with Gasteiger partial charge in [0.2, 0.25) is 0 Å². The van der Waals surface area contributed by atoms with Gasteiger partial charge >= 0.3 is 0 Å². The number of hydrogen-bond donors (Lipinski definition) is 2. The molecule has 29 heavy (non-hydrogen) atoms. The number of anilines is 2. The van der Waals surface area contributed by atoms with Crippen LogP contribution in [0, 0.1) is 24.7 Å². The van der Waals surface area contributed by atoms with Gasteiger partial charge in [0.25, 0.3) is 10.0 Å². The van der Waals surface area contributed by atoms with Gasteiger partial charge in [0.05, 0.1) is 16.3 Å². The van der Waals surface area contributed by atoms with E-state index in [-0.39, 0.29) is 5.41 Å². The van der Waals surface area contributed by atoms with Crippen molar-refractivity contribution in [3.63, 3.8) is 0 Å². The van der Waals surface area contributed by atoms with Gasteiger partial charge < -0.3 is 5.32 Å². The number of rotatable bonds is 5. The Labute approximate surface area is 174 Å². The number of aryl methyl sites for hydroxylation is 1. The molecule has 0 aliphatic heterocycles. The Bertz CT molecular complexity index is 992. The lowest BCUT2D eigenvalue weighted by molar-refractivity contribution is -0.00515. The third-order valence-corrected chi connectivity index (χ3v) is 8.90. The third kappa shape index (κ3) is 3.33. The van der Waals surface area contributed by atoms with Crippen molar-refractivity contribution in [2.24, 2.45) is 17.8 Å². The van der Waals surface area contributed by atoms with E-state index in [1.54, 1.807) is 12.1 Å². The van der Waals surface area contributed by atoms with E-state index < -0.39 is 10.0 Å². The van der Waals surface area contributed by atoms with E-state index >= 15 is 0 Å². The molecule has 2 aromatic rings. The minimum Gasteiger partial charge on any atom is -0.386 e. The van der Waals surface area contributed by atoms with Crippen molar-refractivity contribution in [3.05, 3.63) is 53.6 Å². The summed E-state index contributed by atoms with van der Waals surface area (Å²) < 4.78 is 28.9. The molecular formula is C24H30N2O2S. The van der Waals surface area contributed by atoms with E-state index in [0.717, 1.165) is 29.0 Å². The summed E-state index contributed by atoms with van der Waals surface area (Å²) >= 11 is 0. The zero-order valence-corrected chi connectivity index (χ0v) is 18.1. The van der Waals surface area contributed by atoms with E-state index in [0.29, 0.717) is 10.6 Å². The summed E-state index contributed by atoms with van der Waals surface area (Å²) in [7, 11) is -1.79. The average Bonchev–Trinajstić information content (AvgIpc) is 2.67. The van der Waals surface area contributed by atoms with Crippen molar-refractivity contribution < 1.29 is 8.42 Å². The van der Waals surface area contributed by atoms with Gasteiger partial charge in [-0.25, -0.2) is 8.42 Å². The molecule has 0 radical (unpaired) electrons. The summed E-state index contributed by atoms with van der Waals surface area (Å²) in [4.78, 5) is 0.297. The van der Waals surface area contributed by atoms with Gasteiger partial charge in [-0.15, -0.1) is 0 Å². The highest BCUT2D eigenvalue weighted by Gasteiger charge is 2.51.